The summed E-state index contributed by atoms with van der Waals surface area (Å²) < 4.78 is 0. The number of thiazole rings is 1. The molecule has 27 heavy (non-hydrogen) atoms. The molecule has 0 spiro atoms. The molecule has 1 heterocycles. The van der Waals surface area contributed by atoms with Gasteiger partial charge in [-0.25, -0.2) is 4.98 Å². The van der Waals surface area contributed by atoms with E-state index in [0.717, 1.165) is 10.6 Å². The molecule has 2 aromatic carbocycles. The minimum absolute atomic E-state index is 0.143. The summed E-state index contributed by atoms with van der Waals surface area (Å²) in [6.07, 6.45) is 1.58. The van der Waals surface area contributed by atoms with Gasteiger partial charge in [0.2, 0.25) is 0 Å². The summed E-state index contributed by atoms with van der Waals surface area (Å²) in [6.45, 7) is 5.79. The van der Waals surface area contributed by atoms with Gasteiger partial charge >= 0.3 is 0 Å². The van der Waals surface area contributed by atoms with Crippen LogP contribution in [0.3, 0.4) is 0 Å². The number of anilines is 1. The van der Waals surface area contributed by atoms with Crippen LogP contribution in [-0.2, 0) is 0 Å². The van der Waals surface area contributed by atoms with E-state index < -0.39 is 0 Å². The van der Waals surface area contributed by atoms with Crippen LogP contribution in [0.5, 0.6) is 0 Å². The second-order valence-corrected chi connectivity index (χ2v) is 8.16. The molecular formula is C21H21N3O2S. The van der Waals surface area contributed by atoms with E-state index in [1.807, 2.05) is 51.1 Å². The van der Waals surface area contributed by atoms with Crippen molar-refractivity contribution < 1.29 is 9.59 Å². The highest BCUT2D eigenvalue weighted by Crippen LogP contribution is 2.25. The molecule has 0 aliphatic heterocycles. The third-order valence-corrected chi connectivity index (χ3v) is 4.69. The average molecular weight is 379 g/mol. The van der Waals surface area contributed by atoms with Gasteiger partial charge in [0, 0.05) is 22.4 Å². The van der Waals surface area contributed by atoms with Crippen LogP contribution in [0.1, 0.15) is 40.8 Å². The van der Waals surface area contributed by atoms with Crippen LogP contribution < -0.4 is 10.6 Å². The van der Waals surface area contributed by atoms with Crippen molar-refractivity contribution in [1.82, 2.24) is 10.3 Å². The molecule has 0 radical (unpaired) electrons. The lowest BCUT2D eigenvalue weighted by Crippen LogP contribution is -2.40. The highest BCUT2D eigenvalue weighted by atomic mass is 32.1. The number of hydrogen-bond donors (Lipinski definition) is 2. The number of nitrogens with zero attached hydrogens (tertiary/aromatic N) is 1. The van der Waals surface area contributed by atoms with Crippen LogP contribution in [0.2, 0.25) is 0 Å². The molecule has 0 fully saturated rings. The molecule has 0 aliphatic carbocycles. The van der Waals surface area contributed by atoms with Gasteiger partial charge in [-0.1, -0.05) is 30.3 Å². The monoisotopic (exact) mass is 379 g/mol. The molecule has 1 aromatic heterocycles. The van der Waals surface area contributed by atoms with Gasteiger partial charge in [0.25, 0.3) is 11.8 Å². The van der Waals surface area contributed by atoms with Crippen LogP contribution in [0.15, 0.2) is 60.8 Å². The normalized spacial score (nSPS) is 11.1. The smallest absolute Gasteiger partial charge is 0.267 e. The molecule has 0 unspecified atom stereocenters. The van der Waals surface area contributed by atoms with E-state index >= 15 is 0 Å². The van der Waals surface area contributed by atoms with Gasteiger partial charge in [-0.05, 0) is 45.0 Å². The van der Waals surface area contributed by atoms with E-state index in [1.165, 1.54) is 11.3 Å². The van der Waals surface area contributed by atoms with Gasteiger partial charge < -0.3 is 10.6 Å². The number of aromatic nitrogens is 1. The third-order valence-electron chi connectivity index (χ3n) is 3.64. The maximum absolute atomic E-state index is 12.4. The number of carbonyl (C=O) groups excluding carboxylic acids is 2. The van der Waals surface area contributed by atoms with Crippen molar-refractivity contribution in [3.63, 3.8) is 0 Å². The zero-order valence-corrected chi connectivity index (χ0v) is 16.3. The Morgan fingerprint density at radius 1 is 0.926 bits per heavy atom. The third kappa shape index (κ3) is 5.01. The van der Waals surface area contributed by atoms with Gasteiger partial charge in [-0.2, -0.15) is 0 Å². The van der Waals surface area contributed by atoms with Crippen molar-refractivity contribution >= 4 is 28.8 Å². The zero-order valence-electron chi connectivity index (χ0n) is 15.4. The van der Waals surface area contributed by atoms with Crippen LogP contribution >= 0.6 is 11.3 Å². The molecule has 2 amide bonds. The maximum Gasteiger partial charge on any atom is 0.267 e. The molecule has 5 nitrogen and oxygen atoms in total. The van der Waals surface area contributed by atoms with Crippen molar-refractivity contribution in [2.75, 3.05) is 5.32 Å². The number of benzene rings is 2. The SMILES string of the molecule is CC(C)(C)NC(=O)c1ccc(NC(=O)c2cnc(-c3ccccc3)s2)cc1. The van der Waals surface area contributed by atoms with Crippen molar-refractivity contribution in [2.24, 2.45) is 0 Å². The van der Waals surface area contributed by atoms with Gasteiger partial charge in [-0.15, -0.1) is 11.3 Å². The second-order valence-electron chi connectivity index (χ2n) is 7.13. The van der Waals surface area contributed by atoms with Gasteiger partial charge in [0.15, 0.2) is 0 Å². The summed E-state index contributed by atoms with van der Waals surface area (Å²) in [7, 11) is 0. The molecule has 0 atom stereocenters. The first-order valence-electron chi connectivity index (χ1n) is 8.57. The predicted molar refractivity (Wildman–Crippen MR) is 109 cm³/mol. The Morgan fingerprint density at radius 2 is 1.59 bits per heavy atom. The van der Waals surface area contributed by atoms with Crippen molar-refractivity contribution in [3.05, 3.63) is 71.2 Å². The number of rotatable bonds is 4. The lowest BCUT2D eigenvalue weighted by Gasteiger charge is -2.20. The zero-order chi connectivity index (χ0) is 19.4. The average Bonchev–Trinajstić information content (AvgIpc) is 3.12. The van der Waals surface area contributed by atoms with Crippen LogP contribution in [-0.4, -0.2) is 22.3 Å². The maximum atomic E-state index is 12.4. The fourth-order valence-electron chi connectivity index (χ4n) is 2.40. The topological polar surface area (TPSA) is 71.1 Å². The molecule has 0 saturated heterocycles. The highest BCUT2D eigenvalue weighted by molar-refractivity contribution is 7.17. The Kier molecular flexibility index (Phi) is 5.37. The van der Waals surface area contributed by atoms with E-state index in [-0.39, 0.29) is 17.4 Å². The summed E-state index contributed by atoms with van der Waals surface area (Å²) in [4.78, 5) is 29.4. The van der Waals surface area contributed by atoms with Gasteiger partial charge in [-0.3, -0.25) is 9.59 Å². The van der Waals surface area contributed by atoms with E-state index in [9.17, 15) is 9.59 Å². The molecule has 0 bridgehead atoms. The first-order chi connectivity index (χ1) is 12.8. The molecular weight excluding hydrogens is 358 g/mol. The summed E-state index contributed by atoms with van der Waals surface area (Å²) in [5.41, 5.74) is 1.86. The Bertz CT molecular complexity index is 942. The lowest BCUT2D eigenvalue weighted by molar-refractivity contribution is 0.0919. The Hall–Kier alpha value is -2.99. The van der Waals surface area contributed by atoms with Crippen molar-refractivity contribution in [1.29, 1.82) is 0 Å². The van der Waals surface area contributed by atoms with Gasteiger partial charge in [0.1, 0.15) is 9.88 Å². The Balaban J connectivity index is 1.66. The van der Waals surface area contributed by atoms with Crippen LogP contribution in [0.4, 0.5) is 5.69 Å². The predicted octanol–water partition coefficient (Wildman–Crippen LogP) is 4.59. The quantitative estimate of drug-likeness (QED) is 0.696. The number of nitrogens with one attached hydrogen (secondary N) is 2. The minimum Gasteiger partial charge on any atom is -0.347 e. The van der Waals surface area contributed by atoms with Crippen LogP contribution in [0, 0.1) is 0 Å². The molecule has 3 aromatic rings. The Labute approximate surface area is 162 Å². The van der Waals surface area contributed by atoms with E-state index in [1.54, 1.807) is 30.5 Å². The van der Waals surface area contributed by atoms with Crippen molar-refractivity contribution in [2.45, 2.75) is 26.3 Å². The summed E-state index contributed by atoms with van der Waals surface area (Å²) in [6, 6.07) is 16.6. The van der Waals surface area contributed by atoms with E-state index in [2.05, 4.69) is 15.6 Å². The van der Waals surface area contributed by atoms with Crippen LogP contribution in [0.25, 0.3) is 10.6 Å². The van der Waals surface area contributed by atoms with Gasteiger partial charge in [0.05, 0.1) is 6.20 Å². The second kappa shape index (κ2) is 7.72. The van der Waals surface area contributed by atoms with E-state index in [4.69, 9.17) is 0 Å². The molecule has 3 rings (SSSR count). The first kappa shape index (κ1) is 18.8. The Morgan fingerprint density at radius 3 is 2.22 bits per heavy atom. The number of hydrogen-bond acceptors (Lipinski definition) is 4. The highest BCUT2D eigenvalue weighted by Gasteiger charge is 2.16. The molecule has 0 aliphatic rings. The summed E-state index contributed by atoms with van der Waals surface area (Å²) >= 11 is 1.34. The van der Waals surface area contributed by atoms with E-state index in [0.29, 0.717) is 16.1 Å². The molecule has 0 saturated carbocycles. The fourth-order valence-corrected chi connectivity index (χ4v) is 3.22. The lowest BCUT2D eigenvalue weighted by atomic mass is 10.1. The summed E-state index contributed by atoms with van der Waals surface area (Å²) in [5, 5.41) is 6.54. The number of amides is 2. The standard InChI is InChI=1S/C21H21N3O2S/c1-21(2,3)24-18(25)14-9-11-16(12-10-14)23-19(26)17-13-22-20(27-17)15-7-5-4-6-8-15/h4-13H,1-3H3,(H,23,26)(H,24,25). The first-order valence-corrected chi connectivity index (χ1v) is 9.39. The van der Waals surface area contributed by atoms with Crippen molar-refractivity contribution in [3.8, 4) is 10.6 Å². The largest absolute Gasteiger partial charge is 0.347 e. The summed E-state index contributed by atoms with van der Waals surface area (Å²) in [5.74, 6) is -0.364. The number of carbonyl (C=O) groups is 2. The minimum atomic E-state index is -0.299. The fraction of sp³-hybridized carbons (Fsp3) is 0.190. The molecule has 2 N–H and O–H groups in total. The molecule has 138 valence electrons. The molecule has 6 heteroatoms.